The fourth-order valence-electron chi connectivity index (χ4n) is 1.37. The van der Waals surface area contributed by atoms with E-state index in [1.807, 2.05) is 0 Å². The normalized spacial score (nSPS) is 11.9. The minimum atomic E-state index is -3.68. The molecule has 0 unspecified atom stereocenters. The van der Waals surface area contributed by atoms with Crippen LogP contribution in [0.15, 0.2) is 27.2 Å². The number of carbonyl (C=O) groups is 1. The maximum Gasteiger partial charge on any atom is 0.345 e. The van der Waals surface area contributed by atoms with Gasteiger partial charge in [-0.05, 0) is 6.07 Å². The van der Waals surface area contributed by atoms with Crippen molar-refractivity contribution in [3.05, 3.63) is 32.9 Å². The van der Waals surface area contributed by atoms with E-state index in [0.29, 0.717) is 5.69 Å². The molecule has 0 radical (unpaired) electrons. The van der Waals surface area contributed by atoms with Crippen molar-refractivity contribution < 1.29 is 18.3 Å². The zero-order valence-corrected chi connectivity index (χ0v) is 12.3. The molecule has 0 atom stereocenters. The van der Waals surface area contributed by atoms with Gasteiger partial charge in [0.1, 0.15) is 4.88 Å². The second-order valence-electron chi connectivity index (χ2n) is 3.69. The molecule has 2 rings (SSSR count). The topological polar surface area (TPSA) is 87.6 Å². The highest BCUT2D eigenvalue weighted by Crippen LogP contribution is 2.23. The van der Waals surface area contributed by atoms with Gasteiger partial charge in [0.25, 0.3) is 0 Å². The lowest BCUT2D eigenvalue weighted by molar-refractivity contribution is 0.0702. The third-order valence-electron chi connectivity index (χ3n) is 2.36. The Bertz CT molecular complexity index is 675. The molecule has 1 N–H and O–H groups in total. The number of carboxylic acid groups (broad SMARTS) is 1. The molecule has 0 fully saturated rings. The van der Waals surface area contributed by atoms with Gasteiger partial charge in [-0.3, -0.25) is 0 Å². The van der Waals surface area contributed by atoms with Crippen molar-refractivity contribution in [3.63, 3.8) is 0 Å². The average molecular weight is 318 g/mol. The van der Waals surface area contributed by atoms with Crippen LogP contribution in [0.25, 0.3) is 0 Å². The number of rotatable bonds is 5. The first kappa shape index (κ1) is 14.1. The molecule has 9 heteroatoms. The van der Waals surface area contributed by atoms with Crippen molar-refractivity contribution in [1.82, 2.24) is 9.29 Å². The zero-order chi connectivity index (χ0) is 14.0. The molecule has 0 aliphatic rings. The highest BCUT2D eigenvalue weighted by Gasteiger charge is 2.24. The van der Waals surface area contributed by atoms with Gasteiger partial charge in [0.2, 0.25) is 10.0 Å². The predicted octanol–water partition coefficient (Wildman–Crippen LogP) is 1.72. The van der Waals surface area contributed by atoms with Gasteiger partial charge < -0.3 is 5.11 Å². The number of hydrogen-bond acceptors (Lipinski definition) is 6. The Morgan fingerprint density at radius 2 is 2.21 bits per heavy atom. The molecule has 2 aromatic heterocycles. The van der Waals surface area contributed by atoms with Crippen molar-refractivity contribution >= 4 is 38.7 Å². The molecular formula is C10H10N2O4S3. The molecule has 102 valence electrons. The lowest BCUT2D eigenvalue weighted by Crippen LogP contribution is -2.26. The van der Waals surface area contributed by atoms with E-state index in [1.165, 1.54) is 29.8 Å². The third kappa shape index (κ3) is 3.00. The molecule has 6 nitrogen and oxygen atoms in total. The summed E-state index contributed by atoms with van der Waals surface area (Å²) < 4.78 is 25.6. The summed E-state index contributed by atoms with van der Waals surface area (Å²) >= 11 is 2.28. The summed E-state index contributed by atoms with van der Waals surface area (Å²) in [5.41, 5.74) is 2.29. The second kappa shape index (κ2) is 5.37. The van der Waals surface area contributed by atoms with Crippen LogP contribution in [0.2, 0.25) is 0 Å². The monoisotopic (exact) mass is 318 g/mol. The Morgan fingerprint density at radius 1 is 1.47 bits per heavy atom. The molecule has 0 aliphatic carbocycles. The number of hydrogen-bond donors (Lipinski definition) is 1. The summed E-state index contributed by atoms with van der Waals surface area (Å²) in [4.78, 5) is 14.8. The largest absolute Gasteiger partial charge is 0.477 e. The molecule has 2 heterocycles. The van der Waals surface area contributed by atoms with Crippen LogP contribution in [0, 0.1) is 0 Å². The zero-order valence-electron chi connectivity index (χ0n) is 9.81. The summed E-state index contributed by atoms with van der Waals surface area (Å²) in [6.45, 7) is 0.157. The number of carboxylic acids is 1. The fourth-order valence-corrected chi connectivity index (χ4v) is 4.17. The smallest absolute Gasteiger partial charge is 0.345 e. The predicted molar refractivity (Wildman–Crippen MR) is 72.0 cm³/mol. The summed E-state index contributed by atoms with van der Waals surface area (Å²) in [7, 11) is -2.25. The molecule has 0 spiro atoms. The van der Waals surface area contributed by atoms with E-state index in [2.05, 4.69) is 4.98 Å². The Balaban J connectivity index is 2.23. The second-order valence-corrected chi connectivity index (χ2v) is 7.37. The number of sulfonamides is 1. The van der Waals surface area contributed by atoms with Gasteiger partial charge >= 0.3 is 5.97 Å². The molecule has 0 bridgehead atoms. The molecule has 0 aliphatic heterocycles. The van der Waals surface area contributed by atoms with Crippen LogP contribution in [0.1, 0.15) is 15.4 Å². The Morgan fingerprint density at radius 3 is 2.74 bits per heavy atom. The van der Waals surface area contributed by atoms with Crippen molar-refractivity contribution in [2.24, 2.45) is 0 Å². The summed E-state index contributed by atoms with van der Waals surface area (Å²) in [5.74, 6) is -1.13. The van der Waals surface area contributed by atoms with E-state index in [-0.39, 0.29) is 16.3 Å². The first-order valence-electron chi connectivity index (χ1n) is 5.06. The van der Waals surface area contributed by atoms with Gasteiger partial charge in [0.05, 0.1) is 22.6 Å². The highest BCUT2D eigenvalue weighted by molar-refractivity contribution is 7.89. The summed E-state index contributed by atoms with van der Waals surface area (Å²) in [6.07, 6.45) is 0. The first-order chi connectivity index (χ1) is 8.91. The fraction of sp³-hybridized carbons (Fsp3) is 0.200. The van der Waals surface area contributed by atoms with Crippen LogP contribution in [0.4, 0.5) is 0 Å². The van der Waals surface area contributed by atoms with Crippen molar-refractivity contribution in [2.45, 2.75) is 11.4 Å². The lowest BCUT2D eigenvalue weighted by Gasteiger charge is -2.14. The van der Waals surface area contributed by atoms with Crippen LogP contribution < -0.4 is 0 Å². The summed E-state index contributed by atoms with van der Waals surface area (Å²) in [6, 6.07) is 1.17. The van der Waals surface area contributed by atoms with E-state index in [4.69, 9.17) is 5.11 Å². The average Bonchev–Trinajstić information content (AvgIpc) is 2.99. The maximum atomic E-state index is 12.2. The Labute approximate surface area is 118 Å². The highest BCUT2D eigenvalue weighted by atomic mass is 32.2. The van der Waals surface area contributed by atoms with Crippen molar-refractivity contribution in [1.29, 1.82) is 0 Å². The molecule has 0 aromatic carbocycles. The van der Waals surface area contributed by atoms with Gasteiger partial charge in [0.15, 0.2) is 0 Å². The molecule has 0 saturated heterocycles. The van der Waals surface area contributed by atoms with Crippen LogP contribution in [-0.2, 0) is 16.6 Å². The summed E-state index contributed by atoms with van der Waals surface area (Å²) in [5, 5.41) is 11.9. The maximum absolute atomic E-state index is 12.2. The minimum Gasteiger partial charge on any atom is -0.477 e. The first-order valence-corrected chi connectivity index (χ1v) is 8.33. The van der Waals surface area contributed by atoms with Gasteiger partial charge in [-0.1, -0.05) is 0 Å². The molecule has 19 heavy (non-hydrogen) atoms. The van der Waals surface area contributed by atoms with Gasteiger partial charge in [-0.15, -0.1) is 22.7 Å². The number of thiophene rings is 1. The molecular weight excluding hydrogens is 308 g/mol. The quantitative estimate of drug-likeness (QED) is 0.907. The van der Waals surface area contributed by atoms with Crippen LogP contribution in [0.3, 0.4) is 0 Å². The SMILES string of the molecule is CN(Cc1cscn1)S(=O)(=O)c1csc(C(=O)O)c1. The van der Waals surface area contributed by atoms with E-state index in [0.717, 1.165) is 15.6 Å². The minimum absolute atomic E-state index is 0.000586. The Hall–Kier alpha value is -1.29. The lowest BCUT2D eigenvalue weighted by atomic mass is 10.5. The number of aromatic nitrogens is 1. The Kier molecular flexibility index (Phi) is 3.99. The number of nitrogens with zero attached hydrogens (tertiary/aromatic N) is 2. The van der Waals surface area contributed by atoms with E-state index < -0.39 is 16.0 Å². The van der Waals surface area contributed by atoms with Gasteiger partial charge in [-0.2, -0.15) is 4.31 Å². The van der Waals surface area contributed by atoms with Crippen LogP contribution >= 0.6 is 22.7 Å². The van der Waals surface area contributed by atoms with Crippen molar-refractivity contribution in [3.8, 4) is 0 Å². The van der Waals surface area contributed by atoms with Gasteiger partial charge in [-0.25, -0.2) is 18.2 Å². The van der Waals surface area contributed by atoms with E-state index in [1.54, 1.807) is 10.9 Å². The molecule has 2 aromatic rings. The third-order valence-corrected chi connectivity index (χ3v) is 5.85. The van der Waals surface area contributed by atoms with Crippen LogP contribution in [-0.4, -0.2) is 35.8 Å². The van der Waals surface area contributed by atoms with Crippen LogP contribution in [0.5, 0.6) is 0 Å². The van der Waals surface area contributed by atoms with E-state index in [9.17, 15) is 13.2 Å². The number of thiazole rings is 1. The standard InChI is InChI=1S/C10H10N2O4S3/c1-12(3-7-4-17-6-11-7)19(15,16)8-2-9(10(13)14)18-5-8/h2,4-6H,3H2,1H3,(H,13,14). The van der Waals surface area contributed by atoms with Crippen molar-refractivity contribution in [2.75, 3.05) is 7.05 Å². The van der Waals surface area contributed by atoms with Gasteiger partial charge in [0, 0.05) is 17.8 Å². The van der Waals surface area contributed by atoms with E-state index >= 15 is 0 Å². The molecule has 0 amide bonds. The molecule has 0 saturated carbocycles. The number of aromatic carboxylic acids is 1.